The van der Waals surface area contributed by atoms with Crippen LogP contribution in [0.5, 0.6) is 0 Å². The molecule has 1 aliphatic rings. The summed E-state index contributed by atoms with van der Waals surface area (Å²) in [4.78, 5) is 29.0. The number of aromatic amines is 1. The zero-order valence-corrected chi connectivity index (χ0v) is 11.9. The highest BCUT2D eigenvalue weighted by Gasteiger charge is 2.17. The van der Waals surface area contributed by atoms with Gasteiger partial charge in [0.2, 0.25) is 5.91 Å². The summed E-state index contributed by atoms with van der Waals surface area (Å²) in [5.74, 6) is -0.208. The minimum atomic E-state index is -0.211. The first kappa shape index (κ1) is 13.7. The van der Waals surface area contributed by atoms with Crippen LogP contribution in [0.3, 0.4) is 0 Å². The van der Waals surface area contributed by atoms with Crippen LogP contribution in [0.1, 0.15) is 29.6 Å². The van der Waals surface area contributed by atoms with Crippen molar-refractivity contribution in [2.75, 3.05) is 19.6 Å². The molecule has 5 nitrogen and oxygen atoms in total. The van der Waals surface area contributed by atoms with Gasteiger partial charge in [0.05, 0.1) is 6.54 Å². The van der Waals surface area contributed by atoms with Crippen LogP contribution in [0.4, 0.5) is 0 Å². The van der Waals surface area contributed by atoms with Gasteiger partial charge < -0.3 is 15.2 Å². The lowest BCUT2D eigenvalue weighted by Crippen LogP contribution is -2.42. The van der Waals surface area contributed by atoms with Crippen molar-refractivity contribution >= 4 is 22.7 Å². The Morgan fingerprint density at radius 3 is 2.76 bits per heavy atom. The number of likely N-dealkylation sites (tertiary alicyclic amines) is 1. The Morgan fingerprint density at radius 1 is 1.14 bits per heavy atom. The van der Waals surface area contributed by atoms with Crippen LogP contribution in [0.25, 0.3) is 10.9 Å². The largest absolute Gasteiger partial charge is 0.361 e. The molecule has 1 aromatic carbocycles. The molecule has 0 radical (unpaired) electrons. The smallest absolute Gasteiger partial charge is 0.251 e. The average Bonchev–Trinajstić information content (AvgIpc) is 3.00. The number of fused-ring (bicyclic) bond motifs is 1. The SMILES string of the molecule is O=C(NCC(=O)N1CCCCC1)c1ccc2cc[nH]c2c1. The second kappa shape index (κ2) is 5.99. The number of hydrogen-bond acceptors (Lipinski definition) is 2. The van der Waals surface area contributed by atoms with E-state index in [1.54, 1.807) is 12.1 Å². The van der Waals surface area contributed by atoms with Gasteiger partial charge in [-0.25, -0.2) is 0 Å². The van der Waals surface area contributed by atoms with E-state index >= 15 is 0 Å². The van der Waals surface area contributed by atoms with Crippen LogP contribution >= 0.6 is 0 Å². The highest BCUT2D eigenvalue weighted by Crippen LogP contribution is 2.14. The normalized spacial score (nSPS) is 15.1. The summed E-state index contributed by atoms with van der Waals surface area (Å²) in [7, 11) is 0. The molecule has 0 bridgehead atoms. The van der Waals surface area contributed by atoms with Gasteiger partial charge in [0.1, 0.15) is 0 Å². The van der Waals surface area contributed by atoms with Crippen LogP contribution in [0.15, 0.2) is 30.5 Å². The maximum absolute atomic E-state index is 12.1. The Kier molecular flexibility index (Phi) is 3.90. The first-order chi connectivity index (χ1) is 10.2. The van der Waals surface area contributed by atoms with Crippen molar-refractivity contribution in [3.05, 3.63) is 36.0 Å². The van der Waals surface area contributed by atoms with Gasteiger partial charge in [-0.1, -0.05) is 6.07 Å². The number of rotatable bonds is 3. The zero-order valence-electron chi connectivity index (χ0n) is 11.9. The summed E-state index contributed by atoms with van der Waals surface area (Å²) in [6.45, 7) is 1.69. The van der Waals surface area contributed by atoms with Crippen molar-refractivity contribution in [3.8, 4) is 0 Å². The molecule has 0 aliphatic carbocycles. The van der Waals surface area contributed by atoms with Gasteiger partial charge in [0.15, 0.2) is 0 Å². The van der Waals surface area contributed by atoms with E-state index in [-0.39, 0.29) is 18.4 Å². The van der Waals surface area contributed by atoms with E-state index in [0.29, 0.717) is 5.56 Å². The van der Waals surface area contributed by atoms with Crippen LogP contribution in [-0.4, -0.2) is 41.3 Å². The van der Waals surface area contributed by atoms with E-state index in [9.17, 15) is 9.59 Å². The van der Waals surface area contributed by atoms with E-state index in [4.69, 9.17) is 0 Å². The van der Waals surface area contributed by atoms with Gasteiger partial charge in [-0.05, 0) is 42.8 Å². The highest BCUT2D eigenvalue weighted by molar-refractivity contribution is 5.99. The van der Waals surface area contributed by atoms with E-state index in [0.717, 1.165) is 36.8 Å². The first-order valence-corrected chi connectivity index (χ1v) is 7.37. The predicted molar refractivity (Wildman–Crippen MR) is 81.1 cm³/mol. The van der Waals surface area contributed by atoms with Gasteiger partial charge in [0.25, 0.3) is 5.91 Å². The maximum atomic E-state index is 12.1. The molecule has 110 valence electrons. The molecular weight excluding hydrogens is 266 g/mol. The number of amides is 2. The van der Waals surface area contributed by atoms with Gasteiger partial charge in [0, 0.05) is 30.4 Å². The lowest BCUT2D eigenvalue weighted by Gasteiger charge is -2.26. The topological polar surface area (TPSA) is 65.2 Å². The molecule has 0 atom stereocenters. The summed E-state index contributed by atoms with van der Waals surface area (Å²) >= 11 is 0. The standard InChI is InChI=1S/C16H19N3O2/c20-15(19-8-2-1-3-9-19)11-18-16(21)13-5-4-12-6-7-17-14(12)10-13/h4-7,10,17H,1-3,8-9,11H2,(H,18,21). The number of nitrogens with zero attached hydrogens (tertiary/aromatic N) is 1. The van der Waals surface area contributed by atoms with Gasteiger partial charge in [-0.15, -0.1) is 0 Å². The van der Waals surface area contributed by atoms with Crippen LogP contribution in [0.2, 0.25) is 0 Å². The summed E-state index contributed by atoms with van der Waals surface area (Å²) in [6.07, 6.45) is 5.14. The monoisotopic (exact) mass is 285 g/mol. The fourth-order valence-corrected chi connectivity index (χ4v) is 2.70. The molecule has 2 heterocycles. The van der Waals surface area contributed by atoms with E-state index in [1.165, 1.54) is 6.42 Å². The second-order valence-corrected chi connectivity index (χ2v) is 5.40. The van der Waals surface area contributed by atoms with Crippen molar-refractivity contribution < 1.29 is 9.59 Å². The molecule has 2 aromatic rings. The van der Waals surface area contributed by atoms with E-state index in [2.05, 4.69) is 10.3 Å². The maximum Gasteiger partial charge on any atom is 0.251 e. The minimum Gasteiger partial charge on any atom is -0.361 e. The third-order valence-electron chi connectivity index (χ3n) is 3.93. The Morgan fingerprint density at radius 2 is 1.95 bits per heavy atom. The molecule has 1 fully saturated rings. The molecule has 3 rings (SSSR count). The lowest BCUT2D eigenvalue weighted by atomic mass is 10.1. The minimum absolute atomic E-state index is 0.00371. The number of aromatic nitrogens is 1. The summed E-state index contributed by atoms with van der Waals surface area (Å²) in [6, 6.07) is 7.43. The molecule has 1 aromatic heterocycles. The van der Waals surface area contributed by atoms with Crippen LogP contribution in [0, 0.1) is 0 Å². The molecule has 2 N–H and O–H groups in total. The number of carbonyl (C=O) groups excluding carboxylic acids is 2. The Hall–Kier alpha value is -2.30. The zero-order chi connectivity index (χ0) is 14.7. The quantitative estimate of drug-likeness (QED) is 0.904. The first-order valence-electron chi connectivity index (χ1n) is 7.37. The van der Waals surface area contributed by atoms with Crippen molar-refractivity contribution in [2.45, 2.75) is 19.3 Å². The molecule has 1 aliphatic heterocycles. The van der Waals surface area contributed by atoms with Crippen molar-refractivity contribution in [3.63, 3.8) is 0 Å². The number of nitrogens with one attached hydrogen (secondary N) is 2. The molecule has 5 heteroatoms. The van der Waals surface area contributed by atoms with Crippen molar-refractivity contribution in [2.24, 2.45) is 0 Å². The number of H-pyrrole nitrogens is 1. The fourth-order valence-electron chi connectivity index (χ4n) is 2.70. The number of carbonyl (C=O) groups is 2. The number of benzene rings is 1. The van der Waals surface area contributed by atoms with E-state index < -0.39 is 0 Å². The molecule has 0 spiro atoms. The Labute approximate surface area is 123 Å². The number of piperidine rings is 1. The second-order valence-electron chi connectivity index (χ2n) is 5.40. The predicted octanol–water partition coefficient (Wildman–Crippen LogP) is 1.91. The fraction of sp³-hybridized carbons (Fsp3) is 0.375. The molecule has 0 unspecified atom stereocenters. The third kappa shape index (κ3) is 3.07. The van der Waals surface area contributed by atoms with E-state index in [1.807, 2.05) is 23.2 Å². The van der Waals surface area contributed by atoms with Gasteiger partial charge >= 0.3 is 0 Å². The number of hydrogen-bond donors (Lipinski definition) is 2. The summed E-state index contributed by atoms with van der Waals surface area (Å²) in [5.41, 5.74) is 1.49. The molecule has 21 heavy (non-hydrogen) atoms. The third-order valence-corrected chi connectivity index (χ3v) is 3.93. The van der Waals surface area contributed by atoms with Crippen LogP contribution in [-0.2, 0) is 4.79 Å². The average molecular weight is 285 g/mol. The molecular formula is C16H19N3O2. The van der Waals surface area contributed by atoms with Crippen LogP contribution < -0.4 is 5.32 Å². The Bertz CT molecular complexity index is 656. The molecule has 0 saturated carbocycles. The van der Waals surface area contributed by atoms with Gasteiger partial charge in [-0.3, -0.25) is 9.59 Å². The lowest BCUT2D eigenvalue weighted by molar-refractivity contribution is -0.130. The highest BCUT2D eigenvalue weighted by atomic mass is 16.2. The molecule has 2 amide bonds. The van der Waals surface area contributed by atoms with Crippen molar-refractivity contribution in [1.82, 2.24) is 15.2 Å². The summed E-state index contributed by atoms with van der Waals surface area (Å²) in [5, 5.41) is 3.77. The summed E-state index contributed by atoms with van der Waals surface area (Å²) < 4.78 is 0. The Balaban J connectivity index is 1.59. The molecule has 1 saturated heterocycles. The van der Waals surface area contributed by atoms with Gasteiger partial charge in [-0.2, -0.15) is 0 Å². The van der Waals surface area contributed by atoms with Crippen molar-refractivity contribution in [1.29, 1.82) is 0 Å².